The number of aromatic hydroxyl groups is 1. The fourth-order valence-corrected chi connectivity index (χ4v) is 0.807. The summed E-state index contributed by atoms with van der Waals surface area (Å²) in [5, 5.41) is 9.22. The average Bonchev–Trinajstić information content (AvgIpc) is 1.96. The van der Waals surface area contributed by atoms with Gasteiger partial charge in [0.25, 0.3) is 0 Å². The smallest absolute Gasteiger partial charge is 0.181 e. The summed E-state index contributed by atoms with van der Waals surface area (Å²) in [5.74, 6) is 0.226. The summed E-state index contributed by atoms with van der Waals surface area (Å²) in [6, 6.07) is 2.98. The Balaban J connectivity index is 0. The number of halogens is 2. The van der Waals surface area contributed by atoms with Crippen LogP contribution in [0.2, 0.25) is 0 Å². The summed E-state index contributed by atoms with van der Waals surface area (Å²) in [4.78, 5) is 0. The van der Waals surface area contributed by atoms with Crippen LogP contribution in [0.5, 0.6) is 11.5 Å². The predicted molar refractivity (Wildman–Crippen MR) is 58.0 cm³/mol. The van der Waals surface area contributed by atoms with E-state index in [1.165, 1.54) is 19.2 Å². The molecule has 0 unspecified atom stereocenters. The van der Waals surface area contributed by atoms with Crippen molar-refractivity contribution in [3.63, 3.8) is 0 Å². The van der Waals surface area contributed by atoms with Gasteiger partial charge >= 0.3 is 0 Å². The number of hydrogen-bond acceptors (Lipinski definition) is 4. The molecule has 0 amide bonds. The molecular weight excluding hydrogens is 215 g/mol. The van der Waals surface area contributed by atoms with Crippen molar-refractivity contribution in [2.75, 3.05) is 18.6 Å². The average molecular weight is 227 g/mol. The first-order chi connectivity index (χ1) is 5.15. The van der Waals surface area contributed by atoms with Crippen molar-refractivity contribution < 1.29 is 9.84 Å². The van der Waals surface area contributed by atoms with Crippen molar-refractivity contribution in [1.82, 2.24) is 0 Å². The molecule has 13 heavy (non-hydrogen) atoms. The molecule has 0 aliphatic heterocycles. The number of hydrogen-bond donors (Lipinski definition) is 3. The van der Waals surface area contributed by atoms with Crippen LogP contribution in [-0.2, 0) is 0 Å². The van der Waals surface area contributed by atoms with Crippen molar-refractivity contribution in [2.24, 2.45) is 0 Å². The second-order valence-corrected chi connectivity index (χ2v) is 2.16. The summed E-state index contributed by atoms with van der Waals surface area (Å²) in [7, 11) is 1.44. The zero-order valence-corrected chi connectivity index (χ0v) is 8.61. The van der Waals surface area contributed by atoms with Crippen LogP contribution in [0.3, 0.4) is 0 Å². The zero-order valence-electron chi connectivity index (χ0n) is 6.98. The van der Waals surface area contributed by atoms with Crippen molar-refractivity contribution in [1.29, 1.82) is 0 Å². The van der Waals surface area contributed by atoms with Crippen molar-refractivity contribution in [3.05, 3.63) is 12.1 Å². The monoisotopic (exact) mass is 226 g/mol. The Bertz CT molecular complexity index is 281. The van der Waals surface area contributed by atoms with E-state index in [9.17, 15) is 5.11 Å². The van der Waals surface area contributed by atoms with Gasteiger partial charge in [-0.3, -0.25) is 0 Å². The van der Waals surface area contributed by atoms with Crippen LogP contribution in [0, 0.1) is 0 Å². The quantitative estimate of drug-likeness (QED) is 0.385. The van der Waals surface area contributed by atoms with Gasteiger partial charge in [0.15, 0.2) is 11.5 Å². The molecule has 0 heterocycles. The largest absolute Gasteiger partial charge is 0.503 e. The molecule has 0 fully saturated rings. The van der Waals surface area contributed by atoms with Gasteiger partial charge in [-0.2, -0.15) is 0 Å². The molecule has 0 aliphatic carbocycles. The maximum absolute atomic E-state index is 9.22. The highest BCUT2D eigenvalue weighted by Crippen LogP contribution is 2.33. The Morgan fingerprint density at radius 2 is 1.77 bits per heavy atom. The normalized spacial score (nSPS) is 8.08. The number of nitrogens with two attached hydrogens (primary N) is 2. The molecule has 1 aromatic rings. The second kappa shape index (κ2) is 5.61. The first-order valence-corrected chi connectivity index (χ1v) is 3.07. The molecule has 0 spiro atoms. The third-order valence-electron chi connectivity index (χ3n) is 1.35. The molecule has 0 saturated carbocycles. The van der Waals surface area contributed by atoms with E-state index >= 15 is 0 Å². The summed E-state index contributed by atoms with van der Waals surface area (Å²) in [6.07, 6.45) is 0. The van der Waals surface area contributed by atoms with E-state index in [-0.39, 0.29) is 36.3 Å². The first-order valence-electron chi connectivity index (χ1n) is 3.07. The lowest BCUT2D eigenvalue weighted by molar-refractivity contribution is 0.375. The summed E-state index contributed by atoms with van der Waals surface area (Å²) >= 11 is 0. The van der Waals surface area contributed by atoms with Crippen LogP contribution in [0.4, 0.5) is 11.4 Å². The van der Waals surface area contributed by atoms with Crippen molar-refractivity contribution >= 4 is 36.2 Å². The van der Waals surface area contributed by atoms with Crippen LogP contribution in [-0.4, -0.2) is 12.2 Å². The molecule has 0 bridgehead atoms. The van der Waals surface area contributed by atoms with E-state index in [4.69, 9.17) is 16.2 Å². The minimum absolute atomic E-state index is 0. The Labute approximate surface area is 88.7 Å². The first kappa shape index (κ1) is 14.5. The lowest BCUT2D eigenvalue weighted by Gasteiger charge is -2.06. The van der Waals surface area contributed by atoms with Crippen LogP contribution in [0.1, 0.15) is 0 Å². The van der Waals surface area contributed by atoms with Gasteiger partial charge in [-0.15, -0.1) is 24.8 Å². The van der Waals surface area contributed by atoms with E-state index in [0.717, 1.165) is 0 Å². The highest BCUT2D eigenvalue weighted by molar-refractivity contribution is 5.85. The number of anilines is 2. The molecule has 6 heteroatoms. The molecule has 4 nitrogen and oxygen atoms in total. The van der Waals surface area contributed by atoms with E-state index in [2.05, 4.69) is 0 Å². The number of rotatable bonds is 1. The molecule has 1 rings (SSSR count). The van der Waals surface area contributed by atoms with E-state index in [1.54, 1.807) is 0 Å². The summed E-state index contributed by atoms with van der Waals surface area (Å²) in [6.45, 7) is 0. The molecule has 0 saturated heterocycles. The minimum Gasteiger partial charge on any atom is -0.503 e. The van der Waals surface area contributed by atoms with Crippen LogP contribution >= 0.6 is 24.8 Å². The van der Waals surface area contributed by atoms with Crippen LogP contribution in [0.15, 0.2) is 12.1 Å². The zero-order chi connectivity index (χ0) is 8.43. The fraction of sp³-hybridized carbons (Fsp3) is 0.143. The van der Waals surface area contributed by atoms with Gasteiger partial charge in [-0.25, -0.2) is 0 Å². The molecule has 0 radical (unpaired) electrons. The molecule has 1 aromatic carbocycles. The summed E-state index contributed by atoms with van der Waals surface area (Å²) < 4.78 is 4.80. The van der Waals surface area contributed by atoms with Gasteiger partial charge < -0.3 is 21.3 Å². The Kier molecular flexibility index (Phi) is 6.27. The number of phenols is 1. The van der Waals surface area contributed by atoms with Crippen molar-refractivity contribution in [2.45, 2.75) is 0 Å². The molecule has 0 aliphatic rings. The SMILES string of the molecule is COc1cc(N)cc(N)c1O.Cl.Cl. The molecule has 0 atom stereocenters. The minimum atomic E-state index is -0.0679. The van der Waals surface area contributed by atoms with Crippen LogP contribution < -0.4 is 16.2 Å². The molecule has 5 N–H and O–H groups in total. The third-order valence-corrected chi connectivity index (χ3v) is 1.35. The van der Waals surface area contributed by atoms with E-state index < -0.39 is 0 Å². The third kappa shape index (κ3) is 3.08. The lowest BCUT2D eigenvalue weighted by atomic mass is 10.2. The van der Waals surface area contributed by atoms with Gasteiger partial charge in [0, 0.05) is 11.8 Å². The van der Waals surface area contributed by atoms with Gasteiger partial charge in [-0.05, 0) is 6.07 Å². The number of phenolic OH excluding ortho intramolecular Hbond substituents is 1. The standard InChI is InChI=1S/C7H10N2O2.2ClH/c1-11-6-3-4(8)2-5(9)7(6)10;;/h2-3,10H,8-9H2,1H3;2*1H. The van der Waals surface area contributed by atoms with Gasteiger partial charge in [-0.1, -0.05) is 0 Å². The Morgan fingerprint density at radius 1 is 1.23 bits per heavy atom. The lowest BCUT2D eigenvalue weighted by Crippen LogP contribution is -1.93. The number of methoxy groups -OCH3 is 1. The summed E-state index contributed by atoms with van der Waals surface area (Å²) in [5.41, 5.74) is 11.5. The Hall–Kier alpha value is -1.000. The number of ether oxygens (including phenoxy) is 1. The van der Waals surface area contributed by atoms with Crippen LogP contribution in [0.25, 0.3) is 0 Å². The van der Waals surface area contributed by atoms with Gasteiger partial charge in [0.1, 0.15) is 0 Å². The van der Waals surface area contributed by atoms with E-state index in [1.807, 2.05) is 0 Å². The van der Waals surface area contributed by atoms with Crippen molar-refractivity contribution in [3.8, 4) is 11.5 Å². The van der Waals surface area contributed by atoms with Gasteiger partial charge in [0.05, 0.1) is 12.8 Å². The molecule has 76 valence electrons. The predicted octanol–water partition coefficient (Wildman–Crippen LogP) is 1.41. The fourth-order valence-electron chi connectivity index (χ4n) is 0.807. The maximum Gasteiger partial charge on any atom is 0.181 e. The molecule has 0 aromatic heterocycles. The topological polar surface area (TPSA) is 81.5 Å². The molecular formula is C7H12Cl2N2O2. The highest BCUT2D eigenvalue weighted by Gasteiger charge is 2.05. The Morgan fingerprint density at radius 3 is 2.23 bits per heavy atom. The highest BCUT2D eigenvalue weighted by atomic mass is 35.5. The maximum atomic E-state index is 9.22. The second-order valence-electron chi connectivity index (χ2n) is 2.16. The van der Waals surface area contributed by atoms with E-state index in [0.29, 0.717) is 11.4 Å². The van der Waals surface area contributed by atoms with Gasteiger partial charge in [0.2, 0.25) is 0 Å². The number of benzene rings is 1. The number of nitrogen functional groups attached to an aromatic ring is 2.